The predicted molar refractivity (Wildman–Crippen MR) is 106 cm³/mol. The van der Waals surface area contributed by atoms with Gasteiger partial charge in [0.05, 0.1) is 35.9 Å². The minimum atomic E-state index is -0.0186. The van der Waals surface area contributed by atoms with Crippen molar-refractivity contribution in [1.82, 2.24) is 24.5 Å². The van der Waals surface area contributed by atoms with Crippen LogP contribution in [-0.4, -0.2) is 63.0 Å². The Labute approximate surface area is 167 Å². The summed E-state index contributed by atoms with van der Waals surface area (Å²) < 4.78 is 8.88. The Balaban J connectivity index is 1.27. The normalized spacial score (nSPS) is 17.2. The number of hydrogen-bond acceptors (Lipinski definition) is 5. The molecule has 2 aliphatic rings. The van der Waals surface area contributed by atoms with Crippen LogP contribution in [0.15, 0.2) is 30.6 Å². The third-order valence-electron chi connectivity index (χ3n) is 5.72. The second kappa shape index (κ2) is 6.61. The average molecular weight is 394 g/mol. The second-order valence-electron chi connectivity index (χ2n) is 7.56. The van der Waals surface area contributed by atoms with Crippen LogP contribution in [0, 0.1) is 0 Å². The maximum Gasteiger partial charge on any atom is 0.254 e. The lowest BCUT2D eigenvalue weighted by Crippen LogP contribution is -2.50. The molecule has 2 saturated heterocycles. The second-order valence-corrected chi connectivity index (χ2v) is 7.56. The molecule has 1 aromatic carbocycles. The molecule has 4 heterocycles. The first-order valence-electron chi connectivity index (χ1n) is 9.69. The van der Waals surface area contributed by atoms with E-state index in [1.54, 1.807) is 33.9 Å². The van der Waals surface area contributed by atoms with Crippen molar-refractivity contribution in [2.75, 3.05) is 31.6 Å². The number of anilines is 1. The van der Waals surface area contributed by atoms with Gasteiger partial charge in [-0.2, -0.15) is 10.2 Å². The van der Waals surface area contributed by atoms with Gasteiger partial charge in [-0.05, 0) is 24.6 Å². The summed E-state index contributed by atoms with van der Waals surface area (Å²) in [7, 11) is 3.42. The summed E-state index contributed by atoms with van der Waals surface area (Å²) >= 11 is 0. The molecule has 0 unspecified atom stereocenters. The van der Waals surface area contributed by atoms with E-state index in [1.165, 1.54) is 0 Å². The summed E-state index contributed by atoms with van der Waals surface area (Å²) in [5, 5.41) is 9.70. The molecule has 5 rings (SSSR count). The number of methoxy groups -OCH3 is 1. The smallest absolute Gasteiger partial charge is 0.254 e. The van der Waals surface area contributed by atoms with E-state index < -0.39 is 0 Å². The number of carbonyl (C=O) groups excluding carboxylic acids is 2. The SMILES string of the molecule is COc1c2ccc(C(=O)N3CC(n4cc(N5CCCC5=O)cn4)C3)cc2nn1C. The molecule has 9 nitrogen and oxygen atoms in total. The van der Waals surface area contributed by atoms with E-state index in [4.69, 9.17) is 4.74 Å². The van der Waals surface area contributed by atoms with E-state index in [9.17, 15) is 9.59 Å². The van der Waals surface area contributed by atoms with Crippen LogP contribution in [0.4, 0.5) is 5.69 Å². The Bertz CT molecular complexity index is 1110. The molecule has 0 atom stereocenters. The molecule has 0 N–H and O–H groups in total. The zero-order valence-electron chi connectivity index (χ0n) is 16.4. The molecule has 29 heavy (non-hydrogen) atoms. The monoisotopic (exact) mass is 394 g/mol. The van der Waals surface area contributed by atoms with Crippen LogP contribution in [0.2, 0.25) is 0 Å². The number of carbonyl (C=O) groups is 2. The Hall–Kier alpha value is -3.36. The van der Waals surface area contributed by atoms with Gasteiger partial charge in [-0.15, -0.1) is 0 Å². The standard InChI is InChI=1S/C20H22N6O3/c1-23-20(29-2)16-6-5-13(8-17(16)22-23)19(28)24-10-15(11-24)26-12-14(9-21-26)25-7-3-4-18(25)27/h5-6,8-9,12,15H,3-4,7,10-11H2,1-2H3. The van der Waals surface area contributed by atoms with Crippen molar-refractivity contribution in [3.8, 4) is 5.88 Å². The largest absolute Gasteiger partial charge is 0.481 e. The maximum atomic E-state index is 12.8. The van der Waals surface area contributed by atoms with Crippen molar-refractivity contribution < 1.29 is 14.3 Å². The van der Waals surface area contributed by atoms with Crippen LogP contribution in [0.3, 0.4) is 0 Å². The highest BCUT2D eigenvalue weighted by molar-refractivity contribution is 5.99. The average Bonchev–Trinajstić information content (AvgIpc) is 3.37. The molecule has 150 valence electrons. The van der Waals surface area contributed by atoms with Gasteiger partial charge in [-0.25, -0.2) is 4.68 Å². The summed E-state index contributed by atoms with van der Waals surface area (Å²) in [6, 6.07) is 5.62. The number of aromatic nitrogens is 4. The third-order valence-corrected chi connectivity index (χ3v) is 5.72. The van der Waals surface area contributed by atoms with Gasteiger partial charge in [-0.1, -0.05) is 0 Å². The first-order valence-corrected chi connectivity index (χ1v) is 9.69. The molecule has 2 aliphatic heterocycles. The maximum absolute atomic E-state index is 12.8. The van der Waals surface area contributed by atoms with E-state index in [0.29, 0.717) is 31.0 Å². The Morgan fingerprint density at radius 1 is 1.28 bits per heavy atom. The van der Waals surface area contributed by atoms with Crippen LogP contribution in [0.25, 0.3) is 10.9 Å². The number of rotatable bonds is 4. The Morgan fingerprint density at radius 3 is 2.83 bits per heavy atom. The fourth-order valence-corrected chi connectivity index (χ4v) is 4.11. The highest BCUT2D eigenvalue weighted by Gasteiger charge is 2.34. The summed E-state index contributed by atoms with van der Waals surface area (Å²) in [4.78, 5) is 28.3. The van der Waals surface area contributed by atoms with E-state index in [-0.39, 0.29) is 17.9 Å². The summed E-state index contributed by atoms with van der Waals surface area (Å²) in [6.45, 7) is 1.94. The fraction of sp³-hybridized carbons (Fsp3) is 0.400. The van der Waals surface area contributed by atoms with Crippen molar-refractivity contribution in [2.24, 2.45) is 7.05 Å². The number of benzene rings is 1. The number of hydrogen-bond donors (Lipinski definition) is 0. The molecular formula is C20H22N6O3. The molecule has 0 bridgehead atoms. The van der Waals surface area contributed by atoms with Gasteiger partial charge in [0.2, 0.25) is 11.8 Å². The lowest BCUT2D eigenvalue weighted by molar-refractivity contribution is -0.117. The molecular weight excluding hydrogens is 372 g/mol. The quantitative estimate of drug-likeness (QED) is 0.671. The number of likely N-dealkylation sites (tertiary alicyclic amines) is 1. The van der Waals surface area contributed by atoms with Gasteiger partial charge < -0.3 is 14.5 Å². The molecule has 9 heteroatoms. The molecule has 0 spiro atoms. The van der Waals surface area contributed by atoms with Crippen molar-refractivity contribution in [2.45, 2.75) is 18.9 Å². The third kappa shape index (κ3) is 2.84. The predicted octanol–water partition coefficient (Wildman–Crippen LogP) is 1.60. The topological polar surface area (TPSA) is 85.5 Å². The van der Waals surface area contributed by atoms with Crippen LogP contribution in [0.5, 0.6) is 5.88 Å². The number of amides is 2. The minimum absolute atomic E-state index is 0.0186. The lowest BCUT2D eigenvalue weighted by Gasteiger charge is -2.39. The van der Waals surface area contributed by atoms with Crippen molar-refractivity contribution in [1.29, 1.82) is 0 Å². The summed E-state index contributed by atoms with van der Waals surface area (Å²) in [6.07, 6.45) is 5.13. The first kappa shape index (κ1) is 17.7. The summed E-state index contributed by atoms with van der Waals surface area (Å²) in [5.41, 5.74) is 2.19. The van der Waals surface area contributed by atoms with Crippen LogP contribution < -0.4 is 9.64 Å². The van der Waals surface area contributed by atoms with Crippen LogP contribution >= 0.6 is 0 Å². The van der Waals surface area contributed by atoms with Crippen molar-refractivity contribution in [3.63, 3.8) is 0 Å². The molecule has 2 amide bonds. The molecule has 3 aromatic rings. The zero-order valence-corrected chi connectivity index (χ0v) is 16.4. The van der Waals surface area contributed by atoms with Crippen LogP contribution in [0.1, 0.15) is 29.2 Å². The van der Waals surface area contributed by atoms with E-state index >= 15 is 0 Å². The van der Waals surface area contributed by atoms with Crippen molar-refractivity contribution in [3.05, 3.63) is 36.2 Å². The van der Waals surface area contributed by atoms with Gasteiger partial charge in [0.1, 0.15) is 0 Å². The van der Waals surface area contributed by atoms with Crippen molar-refractivity contribution >= 4 is 28.4 Å². The lowest BCUT2D eigenvalue weighted by atomic mass is 10.1. The molecule has 2 aromatic heterocycles. The highest BCUT2D eigenvalue weighted by Crippen LogP contribution is 2.29. The van der Waals surface area contributed by atoms with Gasteiger partial charge in [-0.3, -0.25) is 14.3 Å². The van der Waals surface area contributed by atoms with E-state index in [1.807, 2.05) is 30.1 Å². The first-order chi connectivity index (χ1) is 14.0. The molecule has 0 saturated carbocycles. The van der Waals surface area contributed by atoms with Gasteiger partial charge >= 0.3 is 0 Å². The summed E-state index contributed by atoms with van der Waals surface area (Å²) in [5.74, 6) is 0.806. The van der Waals surface area contributed by atoms with E-state index in [2.05, 4.69) is 10.2 Å². The number of fused-ring (bicyclic) bond motifs is 1. The Morgan fingerprint density at radius 2 is 2.10 bits per heavy atom. The highest BCUT2D eigenvalue weighted by atomic mass is 16.5. The van der Waals surface area contributed by atoms with Gasteiger partial charge in [0.25, 0.3) is 5.91 Å². The Kier molecular flexibility index (Phi) is 4.04. The van der Waals surface area contributed by atoms with Gasteiger partial charge in [0, 0.05) is 44.9 Å². The molecule has 0 aliphatic carbocycles. The van der Waals surface area contributed by atoms with Gasteiger partial charge in [0.15, 0.2) is 0 Å². The van der Waals surface area contributed by atoms with E-state index in [0.717, 1.165) is 29.6 Å². The molecule has 2 fully saturated rings. The fourth-order valence-electron chi connectivity index (χ4n) is 4.11. The van der Waals surface area contributed by atoms with Crippen LogP contribution in [-0.2, 0) is 11.8 Å². The number of nitrogens with zero attached hydrogens (tertiary/aromatic N) is 6. The zero-order chi connectivity index (χ0) is 20.1. The molecule has 0 radical (unpaired) electrons. The minimum Gasteiger partial charge on any atom is -0.481 e. The number of ether oxygens (including phenoxy) is 1. The number of aryl methyl sites for hydroxylation is 1.